The summed E-state index contributed by atoms with van der Waals surface area (Å²) in [7, 11) is 0. The summed E-state index contributed by atoms with van der Waals surface area (Å²) in [6.45, 7) is 21.6. The Morgan fingerprint density at radius 1 is 0.880 bits per heavy atom. The molecule has 0 N–H and O–H groups in total. The summed E-state index contributed by atoms with van der Waals surface area (Å²) in [4.78, 5) is 0. The molecule has 5 atom stereocenters. The molecule has 0 aromatic carbocycles. The number of hydrogen-bond donors (Lipinski definition) is 0. The summed E-state index contributed by atoms with van der Waals surface area (Å²) in [5, 5.41) is 0. The predicted octanol–water partition coefficient (Wildman–Crippen LogP) is 9.05. The zero-order chi connectivity index (χ0) is 19.5. The summed E-state index contributed by atoms with van der Waals surface area (Å²) in [5.41, 5.74) is 1.99. The average Bonchev–Trinajstić information content (AvgIpc) is 2.62. The van der Waals surface area contributed by atoms with Crippen LogP contribution in [0.4, 0.5) is 0 Å². The third-order valence-electron chi connectivity index (χ3n) is 7.39. The highest BCUT2D eigenvalue weighted by Crippen LogP contribution is 2.44. The molecule has 0 aromatic rings. The molecule has 0 saturated carbocycles. The Morgan fingerprint density at radius 3 is 1.96 bits per heavy atom. The van der Waals surface area contributed by atoms with Crippen LogP contribution in [0.25, 0.3) is 0 Å². The third-order valence-corrected chi connectivity index (χ3v) is 7.39. The summed E-state index contributed by atoms with van der Waals surface area (Å²) in [6.07, 6.45) is 14.7. The summed E-state index contributed by atoms with van der Waals surface area (Å²) < 4.78 is 0. The van der Waals surface area contributed by atoms with Crippen molar-refractivity contribution < 1.29 is 0 Å². The largest absolute Gasteiger partial charge is 0.0882 e. The van der Waals surface area contributed by atoms with Crippen LogP contribution in [0.3, 0.4) is 0 Å². The molecule has 0 rings (SSSR count). The van der Waals surface area contributed by atoms with Gasteiger partial charge in [0.25, 0.3) is 0 Å². The highest BCUT2D eigenvalue weighted by molar-refractivity contribution is 5.11. The SMILES string of the molecule is C/C=C(/C)C(C)(CC)C(CCC)CC(C)CCC(C)[C@H](C)CCCC. The van der Waals surface area contributed by atoms with Gasteiger partial charge in [0.15, 0.2) is 0 Å². The van der Waals surface area contributed by atoms with Crippen LogP contribution in [0.1, 0.15) is 120 Å². The van der Waals surface area contributed by atoms with Crippen LogP contribution in [-0.2, 0) is 0 Å². The first-order valence-corrected chi connectivity index (χ1v) is 11.4. The number of rotatable bonds is 14. The molecule has 0 heterocycles. The molecule has 0 heteroatoms. The van der Waals surface area contributed by atoms with Crippen molar-refractivity contribution in [2.45, 2.75) is 120 Å². The zero-order valence-corrected chi connectivity index (χ0v) is 19.3. The van der Waals surface area contributed by atoms with Crippen LogP contribution in [0.2, 0.25) is 0 Å². The van der Waals surface area contributed by atoms with Crippen LogP contribution in [0.15, 0.2) is 11.6 Å². The average molecular weight is 351 g/mol. The van der Waals surface area contributed by atoms with Crippen LogP contribution in [-0.4, -0.2) is 0 Å². The summed E-state index contributed by atoms with van der Waals surface area (Å²) in [6, 6.07) is 0. The zero-order valence-electron chi connectivity index (χ0n) is 19.3. The van der Waals surface area contributed by atoms with Crippen molar-refractivity contribution in [3.63, 3.8) is 0 Å². The maximum Gasteiger partial charge on any atom is -0.00935 e. The van der Waals surface area contributed by atoms with Gasteiger partial charge in [-0.1, -0.05) is 98.6 Å². The number of allylic oxidation sites excluding steroid dienone is 2. The van der Waals surface area contributed by atoms with Crippen LogP contribution in [0, 0.1) is 29.1 Å². The van der Waals surface area contributed by atoms with Gasteiger partial charge in [-0.3, -0.25) is 0 Å². The van der Waals surface area contributed by atoms with Crippen molar-refractivity contribution in [2.75, 3.05) is 0 Å². The van der Waals surface area contributed by atoms with Crippen molar-refractivity contribution in [1.29, 1.82) is 0 Å². The fourth-order valence-corrected chi connectivity index (χ4v) is 4.51. The van der Waals surface area contributed by atoms with E-state index >= 15 is 0 Å². The van der Waals surface area contributed by atoms with Crippen molar-refractivity contribution in [2.24, 2.45) is 29.1 Å². The minimum Gasteiger partial charge on any atom is -0.0882 e. The first kappa shape index (κ1) is 24.7. The monoisotopic (exact) mass is 350 g/mol. The molecule has 150 valence electrons. The Bertz CT molecular complexity index is 353. The number of hydrogen-bond acceptors (Lipinski definition) is 0. The molecule has 4 unspecified atom stereocenters. The van der Waals surface area contributed by atoms with Gasteiger partial charge in [0.1, 0.15) is 0 Å². The Labute approximate surface area is 161 Å². The van der Waals surface area contributed by atoms with Gasteiger partial charge in [0, 0.05) is 0 Å². The van der Waals surface area contributed by atoms with Gasteiger partial charge in [0.05, 0.1) is 0 Å². The first-order valence-electron chi connectivity index (χ1n) is 11.4. The molecule has 0 saturated heterocycles. The fraction of sp³-hybridized carbons (Fsp3) is 0.920. The van der Waals surface area contributed by atoms with Crippen LogP contribution in [0.5, 0.6) is 0 Å². The van der Waals surface area contributed by atoms with E-state index < -0.39 is 0 Å². The Balaban J connectivity index is 4.71. The standard InChI is InChI=1S/C25H50/c1-10-14-16-21(6)22(7)18-17-20(5)19-24(15-11-2)25(9,13-4)23(8)12-3/h12,20-22,24H,10-11,13-19H2,1-9H3/b23-12-/t20?,21-,22?,24?,25?/m1/s1. The van der Waals surface area contributed by atoms with E-state index in [0.717, 1.165) is 23.7 Å². The Hall–Kier alpha value is -0.260. The maximum atomic E-state index is 2.52. The van der Waals surface area contributed by atoms with Gasteiger partial charge in [0.2, 0.25) is 0 Å². The van der Waals surface area contributed by atoms with Gasteiger partial charge in [-0.05, 0) is 62.2 Å². The van der Waals surface area contributed by atoms with E-state index in [1.54, 1.807) is 5.57 Å². The fourth-order valence-electron chi connectivity index (χ4n) is 4.51. The van der Waals surface area contributed by atoms with Gasteiger partial charge in [-0.15, -0.1) is 0 Å². The number of unbranched alkanes of at least 4 members (excludes halogenated alkanes) is 1. The quantitative estimate of drug-likeness (QED) is 0.274. The summed E-state index contributed by atoms with van der Waals surface area (Å²) >= 11 is 0. The third kappa shape index (κ3) is 8.31. The van der Waals surface area contributed by atoms with E-state index in [4.69, 9.17) is 0 Å². The minimum atomic E-state index is 0.388. The Morgan fingerprint density at radius 2 is 1.48 bits per heavy atom. The molecule has 0 aliphatic carbocycles. The molecular weight excluding hydrogens is 300 g/mol. The second-order valence-corrected chi connectivity index (χ2v) is 9.24. The molecule has 0 aliphatic rings. The topological polar surface area (TPSA) is 0 Å². The first-order chi connectivity index (χ1) is 11.8. The van der Waals surface area contributed by atoms with Crippen LogP contribution >= 0.6 is 0 Å². The van der Waals surface area contributed by atoms with Crippen molar-refractivity contribution in [3.8, 4) is 0 Å². The summed E-state index contributed by atoms with van der Waals surface area (Å²) in [5.74, 6) is 3.47. The molecule has 0 amide bonds. The highest BCUT2D eigenvalue weighted by atomic mass is 14.4. The van der Waals surface area contributed by atoms with E-state index in [9.17, 15) is 0 Å². The lowest BCUT2D eigenvalue weighted by atomic mass is 9.65. The molecule has 0 nitrogen and oxygen atoms in total. The van der Waals surface area contributed by atoms with E-state index in [1.807, 2.05) is 0 Å². The maximum absolute atomic E-state index is 2.52. The minimum absolute atomic E-state index is 0.388. The second kappa shape index (κ2) is 13.0. The smallest absolute Gasteiger partial charge is 0.00935 e. The van der Waals surface area contributed by atoms with Gasteiger partial charge < -0.3 is 0 Å². The molecule has 0 spiro atoms. The lowest BCUT2D eigenvalue weighted by Gasteiger charge is -2.40. The lowest BCUT2D eigenvalue weighted by Crippen LogP contribution is -2.30. The molecule has 0 fully saturated rings. The molecule has 0 aliphatic heterocycles. The lowest BCUT2D eigenvalue weighted by molar-refractivity contribution is 0.169. The van der Waals surface area contributed by atoms with E-state index in [1.165, 1.54) is 57.8 Å². The predicted molar refractivity (Wildman–Crippen MR) is 117 cm³/mol. The van der Waals surface area contributed by atoms with Gasteiger partial charge in [-0.2, -0.15) is 0 Å². The van der Waals surface area contributed by atoms with Crippen molar-refractivity contribution >= 4 is 0 Å². The molecule has 0 aromatic heterocycles. The Kier molecular flexibility index (Phi) is 12.9. The molecular formula is C25H50. The molecule has 25 heavy (non-hydrogen) atoms. The van der Waals surface area contributed by atoms with Crippen LogP contribution < -0.4 is 0 Å². The molecule has 0 bridgehead atoms. The second-order valence-electron chi connectivity index (χ2n) is 9.24. The highest BCUT2D eigenvalue weighted by Gasteiger charge is 2.34. The normalized spacial score (nSPS) is 20.0. The van der Waals surface area contributed by atoms with Gasteiger partial charge in [-0.25, -0.2) is 0 Å². The van der Waals surface area contributed by atoms with E-state index in [2.05, 4.69) is 68.4 Å². The van der Waals surface area contributed by atoms with Gasteiger partial charge >= 0.3 is 0 Å². The van der Waals surface area contributed by atoms with Crippen molar-refractivity contribution in [1.82, 2.24) is 0 Å². The van der Waals surface area contributed by atoms with E-state index in [0.29, 0.717) is 5.41 Å². The van der Waals surface area contributed by atoms with E-state index in [-0.39, 0.29) is 0 Å². The van der Waals surface area contributed by atoms with Crippen molar-refractivity contribution in [3.05, 3.63) is 11.6 Å². The molecule has 0 radical (unpaired) electrons.